The molecule has 9 heteroatoms. The third kappa shape index (κ3) is 7.28. The van der Waals surface area contributed by atoms with Gasteiger partial charge >= 0.3 is 5.97 Å². The zero-order valence-corrected chi connectivity index (χ0v) is 19.1. The maximum atomic E-state index is 12.3. The van der Waals surface area contributed by atoms with Crippen LogP contribution in [0.25, 0.3) is 21.6 Å². The molecule has 34 heavy (non-hydrogen) atoms. The van der Waals surface area contributed by atoms with Gasteiger partial charge < -0.3 is 21.5 Å². The summed E-state index contributed by atoms with van der Waals surface area (Å²) >= 11 is 1.66. The van der Waals surface area contributed by atoms with E-state index in [1.165, 1.54) is 0 Å². The Morgan fingerprint density at radius 2 is 1.65 bits per heavy atom. The van der Waals surface area contributed by atoms with E-state index in [2.05, 4.69) is 34.2 Å². The van der Waals surface area contributed by atoms with Crippen molar-refractivity contribution in [1.29, 1.82) is 0 Å². The lowest BCUT2D eigenvalue weighted by Crippen LogP contribution is -2.49. The number of benzene rings is 2. The lowest BCUT2D eigenvalue weighted by molar-refractivity contribution is -0.140. The molecule has 5 N–H and O–H groups in total. The largest absolute Gasteiger partial charge is 0.481 e. The molecule has 0 aliphatic heterocycles. The van der Waals surface area contributed by atoms with Gasteiger partial charge in [0.1, 0.15) is 6.04 Å². The molecule has 0 bridgehead atoms. The Hall–Kier alpha value is -3.98. The number of aliphatic carboxylic acids is 1. The Kier molecular flexibility index (Phi) is 8.53. The van der Waals surface area contributed by atoms with Crippen LogP contribution in [0.15, 0.2) is 66.0 Å². The van der Waals surface area contributed by atoms with Crippen molar-refractivity contribution >= 4 is 35.0 Å². The van der Waals surface area contributed by atoms with Crippen LogP contribution in [0.3, 0.4) is 0 Å². The fourth-order valence-corrected chi connectivity index (χ4v) is 4.24. The second-order valence-corrected chi connectivity index (χ2v) is 8.58. The number of nitrogens with one attached hydrogen (secondary N) is 2. The van der Waals surface area contributed by atoms with E-state index >= 15 is 0 Å². The summed E-state index contributed by atoms with van der Waals surface area (Å²) in [6.07, 6.45) is -0.0962. The molecule has 0 saturated heterocycles. The number of rotatable bonds is 11. The number of primary amides is 1. The van der Waals surface area contributed by atoms with Gasteiger partial charge in [0, 0.05) is 11.3 Å². The summed E-state index contributed by atoms with van der Waals surface area (Å²) < 4.78 is 0. The molecule has 1 heterocycles. The molecule has 0 saturated carbocycles. The van der Waals surface area contributed by atoms with Gasteiger partial charge in [0.2, 0.25) is 17.7 Å². The maximum Gasteiger partial charge on any atom is 0.305 e. The molecule has 176 valence electrons. The number of hydrogen-bond donors (Lipinski definition) is 4. The predicted molar refractivity (Wildman–Crippen MR) is 130 cm³/mol. The minimum atomic E-state index is -1.29. The summed E-state index contributed by atoms with van der Waals surface area (Å²) in [5, 5.41) is 15.7. The van der Waals surface area contributed by atoms with Crippen LogP contribution in [0, 0.1) is 0 Å². The summed E-state index contributed by atoms with van der Waals surface area (Å²) in [5.41, 5.74) is 9.32. The number of carbonyl (C=O) groups is 4. The minimum Gasteiger partial charge on any atom is -0.481 e. The van der Waals surface area contributed by atoms with E-state index in [1.54, 1.807) is 11.3 Å². The quantitative estimate of drug-likeness (QED) is 0.335. The molecule has 0 aliphatic rings. The van der Waals surface area contributed by atoms with Crippen LogP contribution in [0.4, 0.5) is 0 Å². The monoisotopic (exact) mass is 479 g/mol. The topological polar surface area (TPSA) is 139 Å². The third-order valence-electron chi connectivity index (χ3n) is 5.05. The van der Waals surface area contributed by atoms with Gasteiger partial charge in [-0.25, -0.2) is 0 Å². The Balaban J connectivity index is 1.55. The van der Waals surface area contributed by atoms with Gasteiger partial charge in [-0.3, -0.25) is 19.2 Å². The van der Waals surface area contributed by atoms with Crippen molar-refractivity contribution in [3.8, 4) is 21.6 Å². The summed E-state index contributed by atoms with van der Waals surface area (Å²) in [6.45, 7) is -0.436. The first-order valence-corrected chi connectivity index (χ1v) is 11.5. The zero-order chi connectivity index (χ0) is 24.5. The predicted octanol–water partition coefficient (Wildman–Crippen LogP) is 2.58. The zero-order valence-electron chi connectivity index (χ0n) is 18.3. The number of amides is 3. The Bertz CT molecular complexity index is 1160. The number of hydrogen-bond acceptors (Lipinski definition) is 5. The Morgan fingerprint density at radius 3 is 2.29 bits per heavy atom. The highest BCUT2D eigenvalue weighted by atomic mass is 32.1. The summed E-state index contributed by atoms with van der Waals surface area (Å²) in [5.74, 6) is -3.25. The summed E-state index contributed by atoms with van der Waals surface area (Å²) in [6, 6.07) is 18.9. The van der Waals surface area contributed by atoms with E-state index in [0.717, 1.165) is 27.1 Å². The molecule has 0 radical (unpaired) electrons. The number of carbonyl (C=O) groups excluding carboxylic acids is 3. The molecule has 1 aromatic heterocycles. The fourth-order valence-electron chi connectivity index (χ4n) is 3.31. The van der Waals surface area contributed by atoms with Crippen LogP contribution in [0.5, 0.6) is 0 Å². The highest BCUT2D eigenvalue weighted by Crippen LogP contribution is 2.32. The molecule has 0 aliphatic carbocycles. The molecule has 3 rings (SSSR count). The number of carboxylic acid groups (broad SMARTS) is 1. The second kappa shape index (κ2) is 11.8. The lowest BCUT2D eigenvalue weighted by Gasteiger charge is -2.16. The van der Waals surface area contributed by atoms with E-state index in [-0.39, 0.29) is 6.42 Å². The van der Waals surface area contributed by atoms with Crippen LogP contribution in [-0.2, 0) is 25.6 Å². The first-order valence-electron chi connectivity index (χ1n) is 10.6. The summed E-state index contributed by atoms with van der Waals surface area (Å²) in [7, 11) is 0. The van der Waals surface area contributed by atoms with Gasteiger partial charge in [0.05, 0.1) is 13.0 Å². The van der Waals surface area contributed by atoms with Crippen molar-refractivity contribution in [2.75, 3.05) is 6.54 Å². The average Bonchev–Trinajstić information content (AvgIpc) is 3.32. The van der Waals surface area contributed by atoms with Crippen LogP contribution in [-0.4, -0.2) is 41.4 Å². The van der Waals surface area contributed by atoms with Crippen LogP contribution in [0.2, 0.25) is 0 Å². The van der Waals surface area contributed by atoms with E-state index in [1.807, 2.05) is 42.5 Å². The number of aryl methyl sites for hydroxylation is 1. The number of thiophene rings is 1. The molecule has 2 aromatic carbocycles. The number of carboxylic acids is 1. The van der Waals surface area contributed by atoms with Crippen molar-refractivity contribution in [2.24, 2.45) is 5.73 Å². The molecule has 1 unspecified atom stereocenters. The van der Waals surface area contributed by atoms with E-state index in [9.17, 15) is 19.2 Å². The van der Waals surface area contributed by atoms with Gasteiger partial charge in [0.25, 0.3) is 0 Å². The van der Waals surface area contributed by atoms with Crippen molar-refractivity contribution in [3.05, 3.63) is 71.6 Å². The average molecular weight is 480 g/mol. The highest BCUT2D eigenvalue weighted by molar-refractivity contribution is 7.14. The Morgan fingerprint density at radius 1 is 0.941 bits per heavy atom. The highest BCUT2D eigenvalue weighted by Gasteiger charge is 2.23. The normalized spacial score (nSPS) is 11.4. The smallest absolute Gasteiger partial charge is 0.305 e. The SMILES string of the molecule is NC(=O)CNC(=O)C(CC(=O)O)NC(=O)CCc1ccc(-c2cc(-c3ccccc3)cs2)cc1. The van der Waals surface area contributed by atoms with Crippen molar-refractivity contribution in [1.82, 2.24) is 10.6 Å². The molecular formula is C25H25N3O5S. The minimum absolute atomic E-state index is 0.0791. The number of nitrogens with two attached hydrogens (primary N) is 1. The molecular weight excluding hydrogens is 454 g/mol. The first-order chi connectivity index (χ1) is 16.3. The summed E-state index contributed by atoms with van der Waals surface area (Å²) in [4.78, 5) is 47.3. The van der Waals surface area contributed by atoms with Crippen LogP contribution in [0.1, 0.15) is 18.4 Å². The third-order valence-corrected chi connectivity index (χ3v) is 6.03. The van der Waals surface area contributed by atoms with Crippen molar-refractivity contribution < 1.29 is 24.3 Å². The van der Waals surface area contributed by atoms with Gasteiger partial charge in [-0.1, -0.05) is 54.6 Å². The first kappa shape index (κ1) is 24.7. The molecule has 3 amide bonds. The van der Waals surface area contributed by atoms with E-state index in [4.69, 9.17) is 10.8 Å². The van der Waals surface area contributed by atoms with Crippen molar-refractivity contribution in [2.45, 2.75) is 25.3 Å². The standard InChI is InChI=1S/C25H25N3O5S/c26-22(29)14-27-25(33)20(13-24(31)32)28-23(30)11-8-16-6-9-18(10-7-16)21-12-19(15-34-21)17-4-2-1-3-5-17/h1-7,9-10,12,15,20H,8,11,13-14H2,(H2,26,29)(H,27,33)(H,28,30)(H,31,32). The van der Waals surface area contributed by atoms with E-state index < -0.39 is 42.7 Å². The molecule has 1 atom stereocenters. The molecule has 0 spiro atoms. The van der Waals surface area contributed by atoms with E-state index in [0.29, 0.717) is 6.42 Å². The molecule has 8 nitrogen and oxygen atoms in total. The van der Waals surface area contributed by atoms with Crippen molar-refractivity contribution in [3.63, 3.8) is 0 Å². The van der Waals surface area contributed by atoms with Crippen LogP contribution >= 0.6 is 11.3 Å². The molecule has 3 aromatic rings. The van der Waals surface area contributed by atoms with Crippen LogP contribution < -0.4 is 16.4 Å². The van der Waals surface area contributed by atoms with Gasteiger partial charge in [-0.2, -0.15) is 0 Å². The second-order valence-electron chi connectivity index (χ2n) is 7.66. The maximum absolute atomic E-state index is 12.3. The fraction of sp³-hybridized carbons (Fsp3) is 0.200. The molecule has 0 fully saturated rings. The van der Waals surface area contributed by atoms with Gasteiger partial charge in [-0.05, 0) is 40.1 Å². The van der Waals surface area contributed by atoms with Gasteiger partial charge in [-0.15, -0.1) is 11.3 Å². The lowest BCUT2D eigenvalue weighted by atomic mass is 10.0. The van der Waals surface area contributed by atoms with Gasteiger partial charge in [0.15, 0.2) is 0 Å². The Labute approximate surface area is 200 Å².